The average Bonchev–Trinajstić information content (AvgIpc) is 3.15. The zero-order valence-electron chi connectivity index (χ0n) is 15.5. The molecule has 1 aromatic carbocycles. The third-order valence-corrected chi connectivity index (χ3v) is 6.55. The number of carbonyl (C=O) groups is 2. The number of benzene rings is 1. The van der Waals surface area contributed by atoms with Crippen molar-refractivity contribution in [2.24, 2.45) is 0 Å². The fraction of sp³-hybridized carbons (Fsp3) is 0.556. The van der Waals surface area contributed by atoms with Crippen LogP contribution in [0.15, 0.2) is 23.1 Å². The smallest absolute Gasteiger partial charge is 0.340 e. The second-order valence-corrected chi connectivity index (χ2v) is 8.93. The van der Waals surface area contributed by atoms with Crippen molar-refractivity contribution in [3.63, 3.8) is 0 Å². The summed E-state index contributed by atoms with van der Waals surface area (Å²) in [7, 11) is -3.68. The molecule has 1 aromatic rings. The van der Waals surface area contributed by atoms with E-state index < -0.39 is 28.5 Å². The van der Waals surface area contributed by atoms with Crippen molar-refractivity contribution in [2.75, 3.05) is 19.7 Å². The number of esters is 1. The van der Waals surface area contributed by atoms with Crippen LogP contribution in [0, 0.1) is 0 Å². The first-order chi connectivity index (χ1) is 12.8. The molecule has 1 heterocycles. The van der Waals surface area contributed by atoms with E-state index in [1.165, 1.54) is 22.5 Å². The lowest BCUT2D eigenvalue weighted by molar-refractivity contribution is -0.124. The van der Waals surface area contributed by atoms with Gasteiger partial charge in [-0.3, -0.25) is 4.79 Å². The molecule has 0 saturated carbocycles. The van der Waals surface area contributed by atoms with Gasteiger partial charge in [-0.2, -0.15) is 4.31 Å². The highest BCUT2D eigenvalue weighted by atomic mass is 35.5. The number of ether oxygens (including phenoxy) is 1. The van der Waals surface area contributed by atoms with Gasteiger partial charge in [-0.25, -0.2) is 13.2 Å². The van der Waals surface area contributed by atoms with Gasteiger partial charge in [0.05, 0.1) is 15.5 Å². The van der Waals surface area contributed by atoms with Crippen LogP contribution in [0.5, 0.6) is 0 Å². The largest absolute Gasteiger partial charge is 0.452 e. The molecule has 0 radical (unpaired) electrons. The van der Waals surface area contributed by atoms with E-state index in [0.29, 0.717) is 13.1 Å². The minimum absolute atomic E-state index is 0.0123. The van der Waals surface area contributed by atoms with E-state index in [2.05, 4.69) is 5.32 Å². The first-order valence-corrected chi connectivity index (χ1v) is 10.8. The molecule has 0 aromatic heterocycles. The molecule has 27 heavy (non-hydrogen) atoms. The Morgan fingerprint density at radius 2 is 1.96 bits per heavy atom. The number of nitrogens with one attached hydrogen (secondary N) is 1. The third-order valence-electron chi connectivity index (χ3n) is 4.32. The maximum absolute atomic E-state index is 12.6. The van der Waals surface area contributed by atoms with Gasteiger partial charge < -0.3 is 10.1 Å². The van der Waals surface area contributed by atoms with Crippen LogP contribution >= 0.6 is 11.6 Å². The van der Waals surface area contributed by atoms with E-state index in [1.807, 2.05) is 13.8 Å². The van der Waals surface area contributed by atoms with Crippen molar-refractivity contribution >= 4 is 33.5 Å². The quantitative estimate of drug-likeness (QED) is 0.657. The summed E-state index contributed by atoms with van der Waals surface area (Å²) in [5, 5.41) is 2.79. The minimum Gasteiger partial charge on any atom is -0.452 e. The first-order valence-electron chi connectivity index (χ1n) is 9.02. The summed E-state index contributed by atoms with van der Waals surface area (Å²) in [5.74, 6) is -1.25. The Morgan fingerprint density at radius 1 is 1.30 bits per heavy atom. The molecule has 9 heteroatoms. The Bertz CT molecular complexity index is 791. The van der Waals surface area contributed by atoms with Crippen LogP contribution in [-0.2, 0) is 19.6 Å². The molecule has 1 amide bonds. The summed E-state index contributed by atoms with van der Waals surface area (Å²) in [6.45, 7) is 4.34. The molecule has 0 unspecified atom stereocenters. The van der Waals surface area contributed by atoms with Gasteiger partial charge in [-0.1, -0.05) is 24.9 Å². The summed E-state index contributed by atoms with van der Waals surface area (Å²) >= 11 is 6.03. The second kappa shape index (κ2) is 9.52. The molecule has 0 aliphatic carbocycles. The van der Waals surface area contributed by atoms with Crippen LogP contribution in [0.2, 0.25) is 5.02 Å². The summed E-state index contributed by atoms with van der Waals surface area (Å²) in [5.41, 5.74) is -0.0775. The van der Waals surface area contributed by atoms with Crippen molar-refractivity contribution in [1.82, 2.24) is 9.62 Å². The SMILES string of the molecule is CCC[C@H](C)NC(=O)COC(=O)c1cc(S(=O)(=O)N2CCCC2)ccc1Cl. The Morgan fingerprint density at radius 3 is 2.59 bits per heavy atom. The molecule has 1 fully saturated rings. The van der Waals surface area contributed by atoms with Gasteiger partial charge in [0.25, 0.3) is 5.91 Å². The highest BCUT2D eigenvalue weighted by Gasteiger charge is 2.28. The molecular weight excluding hydrogens is 392 g/mol. The molecule has 1 N–H and O–H groups in total. The molecule has 0 spiro atoms. The summed E-state index contributed by atoms with van der Waals surface area (Å²) in [6, 6.07) is 3.91. The number of hydrogen-bond acceptors (Lipinski definition) is 5. The Balaban J connectivity index is 2.07. The predicted molar refractivity (Wildman–Crippen MR) is 102 cm³/mol. The zero-order chi connectivity index (χ0) is 20.0. The number of rotatable bonds is 8. The summed E-state index contributed by atoms with van der Waals surface area (Å²) < 4.78 is 31.7. The van der Waals surface area contributed by atoms with Gasteiger partial charge in [0.15, 0.2) is 6.61 Å². The van der Waals surface area contributed by atoms with Crippen LogP contribution in [0.4, 0.5) is 0 Å². The number of carbonyl (C=O) groups excluding carboxylic acids is 2. The standard InChI is InChI=1S/C18H25ClN2O5S/c1-3-6-13(2)20-17(22)12-26-18(23)15-11-14(7-8-16(15)19)27(24,25)21-9-4-5-10-21/h7-8,11,13H,3-6,9-10,12H2,1-2H3,(H,20,22)/t13-/m0/s1. The third kappa shape index (κ3) is 5.67. The fourth-order valence-corrected chi connectivity index (χ4v) is 4.67. The van der Waals surface area contributed by atoms with E-state index >= 15 is 0 Å². The molecule has 2 rings (SSSR count). The maximum Gasteiger partial charge on any atom is 0.340 e. The molecule has 1 aliphatic rings. The number of hydrogen-bond donors (Lipinski definition) is 1. The van der Waals surface area contributed by atoms with E-state index in [1.54, 1.807) is 0 Å². The van der Waals surface area contributed by atoms with Crippen molar-refractivity contribution < 1.29 is 22.7 Å². The van der Waals surface area contributed by atoms with Crippen molar-refractivity contribution in [3.8, 4) is 0 Å². The molecule has 1 aliphatic heterocycles. The summed E-state index contributed by atoms with van der Waals surface area (Å²) in [4.78, 5) is 24.1. The Hall–Kier alpha value is -1.64. The number of nitrogens with zero attached hydrogens (tertiary/aromatic N) is 1. The minimum atomic E-state index is -3.68. The normalized spacial score (nSPS) is 16.1. The van der Waals surface area contributed by atoms with Crippen molar-refractivity contribution in [2.45, 2.75) is 50.5 Å². The van der Waals surface area contributed by atoms with E-state index in [4.69, 9.17) is 16.3 Å². The van der Waals surface area contributed by atoms with Gasteiger partial charge in [0.2, 0.25) is 10.0 Å². The lowest BCUT2D eigenvalue weighted by atomic mass is 10.2. The lowest BCUT2D eigenvalue weighted by Crippen LogP contribution is -2.35. The monoisotopic (exact) mass is 416 g/mol. The van der Waals surface area contributed by atoms with Crippen LogP contribution in [-0.4, -0.2) is 50.3 Å². The number of sulfonamides is 1. The molecule has 7 nitrogen and oxygen atoms in total. The second-order valence-electron chi connectivity index (χ2n) is 6.59. The van der Waals surface area contributed by atoms with Crippen LogP contribution in [0.1, 0.15) is 49.9 Å². The van der Waals surface area contributed by atoms with E-state index in [-0.39, 0.29) is 21.5 Å². The Kier molecular flexibility index (Phi) is 7.64. The molecule has 0 bridgehead atoms. The number of halogens is 1. The topological polar surface area (TPSA) is 92.8 Å². The van der Waals surface area contributed by atoms with Gasteiger partial charge in [-0.15, -0.1) is 0 Å². The van der Waals surface area contributed by atoms with Gasteiger partial charge >= 0.3 is 5.97 Å². The fourth-order valence-electron chi connectivity index (χ4n) is 2.93. The lowest BCUT2D eigenvalue weighted by Gasteiger charge is -2.16. The van der Waals surface area contributed by atoms with E-state index in [9.17, 15) is 18.0 Å². The predicted octanol–water partition coefficient (Wildman–Crippen LogP) is 2.59. The Labute approximate surface area is 165 Å². The molecule has 1 atom stereocenters. The highest BCUT2D eigenvalue weighted by molar-refractivity contribution is 7.89. The maximum atomic E-state index is 12.6. The molecule has 1 saturated heterocycles. The van der Waals surface area contributed by atoms with Crippen LogP contribution in [0.3, 0.4) is 0 Å². The number of amides is 1. The van der Waals surface area contributed by atoms with Gasteiger partial charge in [0, 0.05) is 19.1 Å². The van der Waals surface area contributed by atoms with Gasteiger partial charge in [-0.05, 0) is 44.4 Å². The van der Waals surface area contributed by atoms with Crippen molar-refractivity contribution in [3.05, 3.63) is 28.8 Å². The van der Waals surface area contributed by atoms with E-state index in [0.717, 1.165) is 25.7 Å². The zero-order valence-corrected chi connectivity index (χ0v) is 17.1. The first kappa shape index (κ1) is 21.7. The molecular formula is C18H25ClN2O5S. The van der Waals surface area contributed by atoms with Gasteiger partial charge in [0.1, 0.15) is 0 Å². The average molecular weight is 417 g/mol. The van der Waals surface area contributed by atoms with Crippen molar-refractivity contribution in [1.29, 1.82) is 0 Å². The van der Waals surface area contributed by atoms with Crippen LogP contribution < -0.4 is 5.32 Å². The summed E-state index contributed by atoms with van der Waals surface area (Å²) in [6.07, 6.45) is 3.37. The van der Waals surface area contributed by atoms with Crippen LogP contribution in [0.25, 0.3) is 0 Å². The molecule has 150 valence electrons. The highest BCUT2D eigenvalue weighted by Crippen LogP contribution is 2.25.